The number of pyridine rings is 1. The molecule has 0 fully saturated rings. The molecule has 0 aliphatic rings. The topological polar surface area (TPSA) is 83.5 Å². The van der Waals surface area contributed by atoms with E-state index >= 15 is 0 Å². The number of halogens is 1. The summed E-state index contributed by atoms with van der Waals surface area (Å²) in [6, 6.07) is 6.28. The molecule has 0 bridgehead atoms. The minimum absolute atomic E-state index is 0.0109. The third kappa shape index (κ3) is 2.78. The van der Waals surface area contributed by atoms with E-state index < -0.39 is 9.99 Å². The SMILES string of the molecule is Cc1ccc([NH+]([O-])c2cnccc2[N+](=O)[O-])cc1Br. The first-order valence-corrected chi connectivity index (χ1v) is 6.19. The Labute approximate surface area is 117 Å². The summed E-state index contributed by atoms with van der Waals surface area (Å²) in [5.74, 6) is 0. The molecule has 0 spiro atoms. The monoisotopic (exact) mass is 323 g/mol. The second kappa shape index (κ2) is 5.43. The molecule has 1 N–H and O–H groups in total. The van der Waals surface area contributed by atoms with Gasteiger partial charge < -0.3 is 10.3 Å². The quantitative estimate of drug-likeness (QED) is 0.694. The molecule has 1 atom stereocenters. The van der Waals surface area contributed by atoms with Crippen LogP contribution in [0.3, 0.4) is 0 Å². The highest BCUT2D eigenvalue weighted by molar-refractivity contribution is 9.10. The lowest BCUT2D eigenvalue weighted by atomic mass is 10.2. The first-order valence-electron chi connectivity index (χ1n) is 5.40. The maximum absolute atomic E-state index is 12.3. The normalized spacial score (nSPS) is 12.2. The van der Waals surface area contributed by atoms with Gasteiger partial charge in [0.2, 0.25) is 5.69 Å². The van der Waals surface area contributed by atoms with Crippen LogP contribution in [0.1, 0.15) is 5.56 Å². The Hall–Kier alpha value is -1.83. The molecule has 6 nitrogen and oxygen atoms in total. The lowest BCUT2D eigenvalue weighted by Crippen LogP contribution is -2.96. The van der Waals surface area contributed by atoms with E-state index in [9.17, 15) is 15.3 Å². The average Bonchev–Trinajstić information content (AvgIpc) is 2.41. The molecular formula is C12H10BrN3O3. The molecule has 0 radical (unpaired) electrons. The molecule has 98 valence electrons. The molecule has 0 aliphatic carbocycles. The Balaban J connectivity index is 2.46. The number of aromatic nitrogens is 1. The summed E-state index contributed by atoms with van der Waals surface area (Å²) in [7, 11) is 0. The number of benzene rings is 1. The fourth-order valence-corrected chi connectivity index (χ4v) is 1.99. The van der Waals surface area contributed by atoms with Crippen LogP contribution in [0.25, 0.3) is 0 Å². The fraction of sp³-hybridized carbons (Fsp3) is 0.0833. The molecule has 1 unspecified atom stereocenters. The molecule has 0 aliphatic heterocycles. The Morgan fingerprint density at radius 2 is 2.11 bits per heavy atom. The summed E-state index contributed by atoms with van der Waals surface area (Å²) in [6.07, 6.45) is 2.51. The summed E-state index contributed by atoms with van der Waals surface area (Å²) in [5.41, 5.74) is 1.12. The van der Waals surface area contributed by atoms with Gasteiger partial charge in [-0.3, -0.25) is 15.1 Å². The van der Waals surface area contributed by atoms with Crippen molar-refractivity contribution in [3.05, 3.63) is 62.0 Å². The average molecular weight is 324 g/mol. The number of rotatable bonds is 3. The van der Waals surface area contributed by atoms with Crippen molar-refractivity contribution >= 4 is 33.0 Å². The van der Waals surface area contributed by atoms with Crippen molar-refractivity contribution in [2.24, 2.45) is 0 Å². The zero-order valence-corrected chi connectivity index (χ0v) is 11.5. The van der Waals surface area contributed by atoms with Gasteiger partial charge in [-0.2, -0.15) is 0 Å². The number of hydrogen-bond donors (Lipinski definition) is 1. The van der Waals surface area contributed by atoms with E-state index in [1.54, 1.807) is 18.2 Å². The first kappa shape index (κ1) is 13.6. The predicted octanol–water partition coefficient (Wildman–Crippen LogP) is 2.41. The van der Waals surface area contributed by atoms with Crippen LogP contribution in [0.2, 0.25) is 0 Å². The second-order valence-electron chi connectivity index (χ2n) is 3.94. The third-order valence-electron chi connectivity index (χ3n) is 2.67. The van der Waals surface area contributed by atoms with Crippen LogP contribution in [-0.2, 0) is 0 Å². The summed E-state index contributed by atoms with van der Waals surface area (Å²) < 4.78 is 0.782. The molecule has 19 heavy (non-hydrogen) atoms. The van der Waals surface area contributed by atoms with Crippen molar-refractivity contribution in [3.63, 3.8) is 0 Å². The smallest absolute Gasteiger partial charge is 0.333 e. The number of aryl methyl sites for hydroxylation is 1. The number of quaternary nitrogens is 1. The van der Waals surface area contributed by atoms with Gasteiger partial charge in [0, 0.05) is 28.9 Å². The van der Waals surface area contributed by atoms with Crippen molar-refractivity contribution in [3.8, 4) is 0 Å². The largest absolute Gasteiger partial charge is 0.623 e. The number of nitrogens with one attached hydrogen (secondary N) is 1. The fourth-order valence-electron chi connectivity index (χ4n) is 1.61. The van der Waals surface area contributed by atoms with E-state index in [4.69, 9.17) is 0 Å². The minimum atomic E-state index is -0.585. The van der Waals surface area contributed by atoms with Crippen LogP contribution < -0.4 is 5.06 Å². The van der Waals surface area contributed by atoms with Gasteiger partial charge in [-0.15, -0.1) is 0 Å². The van der Waals surface area contributed by atoms with E-state index in [0.29, 0.717) is 5.69 Å². The predicted molar refractivity (Wildman–Crippen MR) is 73.4 cm³/mol. The van der Waals surface area contributed by atoms with Gasteiger partial charge in [0.1, 0.15) is 5.69 Å². The molecule has 0 saturated carbocycles. The van der Waals surface area contributed by atoms with Gasteiger partial charge in [-0.25, -0.2) is 0 Å². The zero-order chi connectivity index (χ0) is 14.0. The van der Waals surface area contributed by atoms with Crippen molar-refractivity contribution in [1.29, 1.82) is 0 Å². The lowest BCUT2D eigenvalue weighted by molar-refractivity contribution is -0.701. The van der Waals surface area contributed by atoms with Gasteiger partial charge in [-0.05, 0) is 12.5 Å². The molecule has 1 heterocycles. The summed E-state index contributed by atoms with van der Waals surface area (Å²) in [6.45, 7) is 1.89. The van der Waals surface area contributed by atoms with Crippen LogP contribution in [0, 0.1) is 22.2 Å². The molecule has 2 aromatic rings. The second-order valence-corrected chi connectivity index (χ2v) is 4.80. The Morgan fingerprint density at radius 3 is 2.74 bits per heavy atom. The zero-order valence-electron chi connectivity index (χ0n) is 9.96. The van der Waals surface area contributed by atoms with Crippen molar-refractivity contribution < 1.29 is 9.99 Å². The molecule has 0 amide bonds. The highest BCUT2D eigenvalue weighted by atomic mass is 79.9. The number of nitrogens with zero attached hydrogens (tertiary/aromatic N) is 2. The summed E-state index contributed by atoms with van der Waals surface area (Å²) in [5, 5.41) is 22.7. The van der Waals surface area contributed by atoms with Crippen LogP contribution >= 0.6 is 15.9 Å². The number of nitro groups is 1. The highest BCUT2D eigenvalue weighted by Crippen LogP contribution is 2.23. The van der Waals surface area contributed by atoms with Gasteiger partial charge in [0.05, 0.1) is 11.1 Å². The minimum Gasteiger partial charge on any atom is -0.623 e. The maximum Gasteiger partial charge on any atom is 0.333 e. The lowest BCUT2D eigenvalue weighted by Gasteiger charge is -2.20. The molecule has 2 rings (SSSR count). The van der Waals surface area contributed by atoms with E-state index in [1.165, 1.54) is 18.5 Å². The van der Waals surface area contributed by atoms with Gasteiger partial charge in [0.25, 0.3) is 0 Å². The molecule has 1 aromatic carbocycles. The van der Waals surface area contributed by atoms with Gasteiger partial charge >= 0.3 is 5.69 Å². The van der Waals surface area contributed by atoms with Gasteiger partial charge in [-0.1, -0.05) is 22.0 Å². The van der Waals surface area contributed by atoms with Crippen LogP contribution in [-0.4, -0.2) is 9.91 Å². The van der Waals surface area contributed by atoms with Gasteiger partial charge in [0.15, 0.2) is 0 Å². The van der Waals surface area contributed by atoms with Crippen molar-refractivity contribution in [1.82, 2.24) is 4.98 Å². The molecule has 0 saturated heterocycles. The molecule has 1 aromatic heterocycles. The first-order chi connectivity index (χ1) is 9.00. The van der Waals surface area contributed by atoms with E-state index in [1.807, 2.05) is 6.92 Å². The number of hydrogen-bond acceptors (Lipinski definition) is 4. The Morgan fingerprint density at radius 1 is 1.37 bits per heavy atom. The van der Waals surface area contributed by atoms with E-state index in [0.717, 1.165) is 10.0 Å². The van der Waals surface area contributed by atoms with Crippen molar-refractivity contribution in [2.75, 3.05) is 0 Å². The Bertz CT molecular complexity index is 633. The summed E-state index contributed by atoms with van der Waals surface area (Å²) in [4.78, 5) is 14.1. The Kier molecular flexibility index (Phi) is 3.89. The van der Waals surface area contributed by atoms with Crippen molar-refractivity contribution in [2.45, 2.75) is 6.92 Å². The van der Waals surface area contributed by atoms with Crippen LogP contribution in [0.5, 0.6) is 0 Å². The molecule has 7 heteroatoms. The maximum atomic E-state index is 12.3. The van der Waals surface area contributed by atoms with E-state index in [-0.39, 0.29) is 11.4 Å². The summed E-state index contributed by atoms with van der Waals surface area (Å²) >= 11 is 3.33. The highest BCUT2D eigenvalue weighted by Gasteiger charge is 2.21. The third-order valence-corrected chi connectivity index (χ3v) is 3.53. The molecular weight excluding hydrogens is 314 g/mol. The standard InChI is InChI=1S/C12H10BrN3O3/c1-8-2-3-9(6-10(8)13)15(17)12-7-14-5-4-11(12)16(18)19/h2-7,15H,1H3. The van der Waals surface area contributed by atoms with Crippen LogP contribution in [0.4, 0.5) is 17.1 Å². The van der Waals surface area contributed by atoms with E-state index in [2.05, 4.69) is 20.9 Å². The van der Waals surface area contributed by atoms with Crippen LogP contribution in [0.15, 0.2) is 41.1 Å².